The molecular weight excluding hydrogens is 521 g/mol. The van der Waals surface area contributed by atoms with Gasteiger partial charge in [-0.3, -0.25) is 0 Å². The first-order chi connectivity index (χ1) is 18.4. The molecule has 0 saturated carbocycles. The number of amides is 1. The van der Waals surface area contributed by atoms with Crippen molar-refractivity contribution in [3.05, 3.63) is 36.2 Å². The highest BCUT2D eigenvalue weighted by molar-refractivity contribution is 6.76. The molecule has 0 spiro atoms. The largest absolute Gasteiger partial charge is 0.489 e. The Kier molecular flexibility index (Phi) is 10.9. The van der Waals surface area contributed by atoms with Crippen LogP contribution in [0.3, 0.4) is 0 Å². The Bertz CT molecular complexity index is 1090. The van der Waals surface area contributed by atoms with E-state index in [0.29, 0.717) is 44.5 Å². The van der Waals surface area contributed by atoms with Crippen LogP contribution < -0.4 is 15.0 Å². The zero-order valence-corrected chi connectivity index (χ0v) is 25.0. The first-order valence-corrected chi connectivity index (χ1v) is 17.0. The van der Waals surface area contributed by atoms with Gasteiger partial charge in [0.2, 0.25) is 5.95 Å². The molecule has 1 aromatic carbocycles. The number of benzene rings is 1. The van der Waals surface area contributed by atoms with E-state index in [1.165, 1.54) is 0 Å². The predicted octanol–water partition coefficient (Wildman–Crippen LogP) is 4.85. The highest BCUT2D eigenvalue weighted by Crippen LogP contribution is 2.24. The maximum atomic E-state index is 13.3. The van der Waals surface area contributed by atoms with Crippen molar-refractivity contribution in [2.45, 2.75) is 58.8 Å². The molecule has 2 aromatic rings. The smallest absolute Gasteiger partial charge is 0.407 e. The quantitative estimate of drug-likeness (QED) is 0.289. The molecule has 10 nitrogen and oxygen atoms in total. The number of carbonyl (C=O) groups is 1. The number of anilines is 1. The van der Waals surface area contributed by atoms with Crippen molar-refractivity contribution in [2.24, 2.45) is 0 Å². The lowest BCUT2D eigenvalue weighted by molar-refractivity contribution is 0.0531. The van der Waals surface area contributed by atoms with Gasteiger partial charge in [0.1, 0.15) is 24.7 Å². The van der Waals surface area contributed by atoms with Crippen LogP contribution in [-0.4, -0.2) is 80.6 Å². The molecule has 0 atom stereocenters. The van der Waals surface area contributed by atoms with Crippen molar-refractivity contribution < 1.29 is 28.1 Å². The summed E-state index contributed by atoms with van der Waals surface area (Å²) >= 11 is 0. The molecule has 0 radical (unpaired) electrons. The normalized spacial score (nSPS) is 14.8. The van der Waals surface area contributed by atoms with Gasteiger partial charge in [0, 0.05) is 45.5 Å². The highest BCUT2D eigenvalue weighted by Gasteiger charge is 2.21. The number of ether oxygens (including phenoxy) is 4. The van der Waals surface area contributed by atoms with E-state index in [1.807, 2.05) is 16.8 Å². The fraction of sp³-hybridized carbons (Fsp3) is 0.593. The van der Waals surface area contributed by atoms with E-state index >= 15 is 0 Å². The van der Waals surface area contributed by atoms with Crippen molar-refractivity contribution >= 4 is 20.1 Å². The second-order valence-corrected chi connectivity index (χ2v) is 17.2. The lowest BCUT2D eigenvalue weighted by Crippen LogP contribution is -2.38. The summed E-state index contributed by atoms with van der Waals surface area (Å²) in [5, 5.41) is 7.26. The average molecular weight is 564 g/mol. The predicted molar refractivity (Wildman–Crippen MR) is 152 cm³/mol. The Hall–Kier alpha value is -2.96. The molecule has 1 aliphatic rings. The molecular formula is C27H42FN5O5Si. The first kappa shape index (κ1) is 30.6. The Morgan fingerprint density at radius 2 is 1.87 bits per heavy atom. The van der Waals surface area contributed by atoms with E-state index in [-0.39, 0.29) is 18.7 Å². The third-order valence-corrected chi connectivity index (χ3v) is 7.41. The van der Waals surface area contributed by atoms with E-state index in [4.69, 9.17) is 29.0 Å². The van der Waals surface area contributed by atoms with E-state index < -0.39 is 19.8 Å². The molecule has 0 aliphatic carbocycles. The van der Waals surface area contributed by atoms with Gasteiger partial charge in [-0.2, -0.15) is 4.98 Å². The van der Waals surface area contributed by atoms with Gasteiger partial charge in [0.05, 0.1) is 19.5 Å². The number of hydrogen-bond donors (Lipinski definition) is 1. The van der Waals surface area contributed by atoms with E-state index in [1.54, 1.807) is 32.9 Å². The van der Waals surface area contributed by atoms with Gasteiger partial charge in [-0.15, -0.1) is 5.10 Å². The Labute approximate surface area is 231 Å². The lowest BCUT2D eigenvalue weighted by Gasteiger charge is -2.27. The summed E-state index contributed by atoms with van der Waals surface area (Å²) in [6.07, 6.45) is -0.183. The third kappa shape index (κ3) is 10.6. The molecule has 1 fully saturated rings. The van der Waals surface area contributed by atoms with Crippen molar-refractivity contribution in [1.82, 2.24) is 20.1 Å². The number of nitrogens with one attached hydrogen (secondary N) is 1. The number of alkyl carbamates (subject to hydrolysis) is 1. The monoisotopic (exact) mass is 563 g/mol. The second kappa shape index (κ2) is 13.9. The summed E-state index contributed by atoms with van der Waals surface area (Å²) in [5.74, 6) is 1.90. The number of rotatable bonds is 12. The minimum atomic E-state index is -1.19. The van der Waals surface area contributed by atoms with Gasteiger partial charge in [0.25, 0.3) is 0 Å². The zero-order valence-electron chi connectivity index (χ0n) is 24.0. The van der Waals surface area contributed by atoms with Gasteiger partial charge < -0.3 is 29.2 Å². The van der Waals surface area contributed by atoms with Crippen molar-refractivity contribution in [3.63, 3.8) is 0 Å². The molecule has 0 bridgehead atoms. The Balaban J connectivity index is 1.61. The lowest BCUT2D eigenvalue weighted by atomic mass is 10.2. The van der Waals surface area contributed by atoms with Crippen molar-refractivity contribution in [3.8, 4) is 17.1 Å². The molecule has 1 aromatic heterocycles. The van der Waals surface area contributed by atoms with Gasteiger partial charge in [-0.25, -0.2) is 13.9 Å². The van der Waals surface area contributed by atoms with Crippen LogP contribution in [0.4, 0.5) is 15.1 Å². The van der Waals surface area contributed by atoms with E-state index in [9.17, 15) is 9.18 Å². The fourth-order valence-electron chi connectivity index (χ4n) is 3.57. The molecule has 3 rings (SSSR count). The van der Waals surface area contributed by atoms with Crippen LogP contribution in [0.1, 0.15) is 20.8 Å². The first-order valence-electron chi connectivity index (χ1n) is 13.3. The molecule has 2 heterocycles. The number of nitrogens with zero attached hydrogens (tertiary/aromatic N) is 4. The summed E-state index contributed by atoms with van der Waals surface area (Å²) < 4.78 is 37.5. The number of hydrogen-bond acceptors (Lipinski definition) is 8. The molecule has 1 saturated heterocycles. The highest BCUT2D eigenvalue weighted by atomic mass is 28.3. The SMILES string of the molecule is CC(C)(C)OC(=O)NC/C(=C\F)COc1ccc(-c2nc(N3CCOCC3)n(COCC[Si](C)(C)C)n2)cc1. The zero-order chi connectivity index (χ0) is 28.5. The topological polar surface area (TPSA) is 100.0 Å². The summed E-state index contributed by atoms with van der Waals surface area (Å²) in [7, 11) is -1.19. The van der Waals surface area contributed by atoms with Crippen LogP contribution in [0, 0.1) is 0 Å². The summed E-state index contributed by atoms with van der Waals surface area (Å²) in [4.78, 5) is 18.8. The summed E-state index contributed by atoms with van der Waals surface area (Å²) in [6, 6.07) is 8.38. The molecule has 39 heavy (non-hydrogen) atoms. The molecule has 216 valence electrons. The Morgan fingerprint density at radius 3 is 2.49 bits per heavy atom. The van der Waals surface area contributed by atoms with Crippen LogP contribution in [0.2, 0.25) is 25.7 Å². The number of aromatic nitrogens is 3. The standard InChI is InChI=1S/C27H42FN5O5Si/c1-27(2,3)38-26(34)29-18-21(17-28)19-37-23-9-7-22(8-10-23)24-30-25(32-11-13-35-14-12-32)33(31-24)20-36-15-16-39(4,5)6/h7-10,17H,11-16,18-20H2,1-6H3,(H,29,34)/b21-17+. The second-order valence-electron chi connectivity index (χ2n) is 11.6. The van der Waals surface area contributed by atoms with Crippen LogP contribution in [-0.2, 0) is 20.9 Å². The van der Waals surface area contributed by atoms with Crippen LogP contribution in [0.25, 0.3) is 11.4 Å². The summed E-state index contributed by atoms with van der Waals surface area (Å²) in [5.41, 5.74) is 0.469. The summed E-state index contributed by atoms with van der Waals surface area (Å²) in [6.45, 7) is 16.0. The van der Waals surface area contributed by atoms with Crippen LogP contribution in [0.5, 0.6) is 5.75 Å². The number of morpholine rings is 1. The number of halogens is 1. The minimum Gasteiger partial charge on any atom is -0.489 e. The van der Waals surface area contributed by atoms with Gasteiger partial charge in [0.15, 0.2) is 5.82 Å². The molecule has 1 N–H and O–H groups in total. The van der Waals surface area contributed by atoms with Crippen molar-refractivity contribution in [1.29, 1.82) is 0 Å². The Morgan fingerprint density at radius 1 is 1.18 bits per heavy atom. The third-order valence-electron chi connectivity index (χ3n) is 5.71. The van der Waals surface area contributed by atoms with Gasteiger partial charge in [-0.1, -0.05) is 19.6 Å². The molecule has 0 unspecified atom stereocenters. The van der Waals surface area contributed by atoms with Crippen LogP contribution >= 0.6 is 0 Å². The maximum absolute atomic E-state index is 13.3. The van der Waals surface area contributed by atoms with E-state index in [0.717, 1.165) is 30.6 Å². The maximum Gasteiger partial charge on any atom is 0.407 e. The fourth-order valence-corrected chi connectivity index (χ4v) is 4.32. The van der Waals surface area contributed by atoms with Gasteiger partial charge in [-0.05, 0) is 51.1 Å². The van der Waals surface area contributed by atoms with E-state index in [2.05, 4.69) is 29.9 Å². The molecule has 1 aliphatic heterocycles. The van der Waals surface area contributed by atoms with Crippen molar-refractivity contribution in [2.75, 3.05) is 51.0 Å². The molecule has 12 heteroatoms. The minimum absolute atomic E-state index is 0.0187. The molecule has 1 amide bonds. The van der Waals surface area contributed by atoms with Crippen LogP contribution in [0.15, 0.2) is 36.2 Å². The van der Waals surface area contributed by atoms with Gasteiger partial charge >= 0.3 is 6.09 Å². The average Bonchev–Trinajstić information content (AvgIpc) is 3.30. The number of carbonyl (C=O) groups excluding carboxylic acids is 1.